The van der Waals surface area contributed by atoms with Crippen LogP contribution in [0.2, 0.25) is 0 Å². The van der Waals surface area contributed by atoms with E-state index in [1.54, 1.807) is 0 Å². The zero-order valence-electron chi connectivity index (χ0n) is 8.79. The number of esters is 1. The van der Waals surface area contributed by atoms with E-state index in [1.165, 1.54) is 6.92 Å². The Morgan fingerprint density at radius 2 is 1.69 bits per heavy atom. The van der Waals surface area contributed by atoms with Gasteiger partial charge in [0.15, 0.2) is 5.78 Å². The number of carbonyl (C=O) groups is 2. The highest BCUT2D eigenvalue weighted by Gasteiger charge is 2.24. The Morgan fingerprint density at radius 1 is 1.19 bits per heavy atom. The molecule has 0 spiro atoms. The monoisotopic (exact) mass is 228 g/mol. The maximum Gasteiger partial charge on any atom is 0.316 e. The zero-order valence-corrected chi connectivity index (χ0v) is 8.79. The molecule has 0 saturated heterocycles. The van der Waals surface area contributed by atoms with E-state index in [4.69, 9.17) is 0 Å². The molecule has 16 heavy (non-hydrogen) atoms. The molecule has 86 valence electrons. The van der Waals surface area contributed by atoms with Gasteiger partial charge in [-0.3, -0.25) is 9.59 Å². The Labute approximate surface area is 91.0 Å². The molecule has 0 aliphatic carbocycles. The number of benzene rings is 1. The van der Waals surface area contributed by atoms with Crippen molar-refractivity contribution in [1.82, 2.24) is 0 Å². The molecule has 0 aliphatic rings. The number of Topliss-reactive ketones (excluding diaryl/α,β-unsaturated/α-hetero) is 1. The maximum atomic E-state index is 12.8. The van der Waals surface area contributed by atoms with E-state index in [2.05, 4.69) is 4.74 Å². The van der Waals surface area contributed by atoms with Gasteiger partial charge in [0.25, 0.3) is 0 Å². The highest BCUT2D eigenvalue weighted by Crippen LogP contribution is 2.13. The number of hydrogen-bond donors (Lipinski definition) is 0. The molecule has 0 saturated carbocycles. The van der Waals surface area contributed by atoms with Crippen molar-refractivity contribution in [1.29, 1.82) is 0 Å². The van der Waals surface area contributed by atoms with Gasteiger partial charge in [-0.05, 0) is 19.1 Å². The molecule has 1 rings (SSSR count). The molecule has 0 aromatic heterocycles. The zero-order chi connectivity index (χ0) is 12.3. The van der Waals surface area contributed by atoms with Crippen LogP contribution in [0.25, 0.3) is 0 Å². The van der Waals surface area contributed by atoms with E-state index >= 15 is 0 Å². The third-order valence-electron chi connectivity index (χ3n) is 2.10. The lowest BCUT2D eigenvalue weighted by atomic mass is 9.99. The van der Waals surface area contributed by atoms with Crippen LogP contribution >= 0.6 is 0 Å². The minimum absolute atomic E-state index is 0.185. The van der Waals surface area contributed by atoms with Gasteiger partial charge in [-0.2, -0.15) is 0 Å². The first-order valence-corrected chi connectivity index (χ1v) is 4.54. The lowest BCUT2D eigenvalue weighted by Crippen LogP contribution is -2.22. The van der Waals surface area contributed by atoms with Gasteiger partial charge >= 0.3 is 5.97 Å². The molecule has 1 atom stereocenters. The highest BCUT2D eigenvalue weighted by molar-refractivity contribution is 6.08. The minimum Gasteiger partial charge on any atom is -0.468 e. The Kier molecular flexibility index (Phi) is 3.71. The van der Waals surface area contributed by atoms with E-state index in [-0.39, 0.29) is 5.56 Å². The average molecular weight is 228 g/mol. The minimum atomic E-state index is -1.08. The van der Waals surface area contributed by atoms with Crippen molar-refractivity contribution in [2.75, 3.05) is 7.11 Å². The molecule has 5 heteroatoms. The molecule has 1 aromatic rings. The summed E-state index contributed by atoms with van der Waals surface area (Å²) in [4.78, 5) is 22.7. The van der Waals surface area contributed by atoms with Gasteiger partial charge in [0.1, 0.15) is 17.6 Å². The van der Waals surface area contributed by atoms with Gasteiger partial charge in [-0.1, -0.05) is 0 Å². The summed E-state index contributed by atoms with van der Waals surface area (Å²) < 4.78 is 30.0. The number of ketones is 1. The Balaban J connectivity index is 3.00. The molecule has 0 heterocycles. The molecular formula is C11H10F2O3. The molecule has 0 amide bonds. The molecule has 3 nitrogen and oxygen atoms in total. The summed E-state index contributed by atoms with van der Waals surface area (Å²) in [5, 5.41) is 0. The number of carbonyl (C=O) groups excluding carboxylic acids is 2. The average Bonchev–Trinajstić information content (AvgIpc) is 2.24. The van der Waals surface area contributed by atoms with Crippen LogP contribution in [0.1, 0.15) is 17.3 Å². The van der Waals surface area contributed by atoms with Crippen molar-refractivity contribution in [2.45, 2.75) is 6.92 Å². The van der Waals surface area contributed by atoms with Crippen LogP contribution in [0, 0.1) is 17.6 Å². The van der Waals surface area contributed by atoms with Crippen molar-refractivity contribution >= 4 is 11.8 Å². The summed E-state index contributed by atoms with van der Waals surface area (Å²) in [6.07, 6.45) is 0. The van der Waals surface area contributed by atoms with Gasteiger partial charge in [-0.15, -0.1) is 0 Å². The number of methoxy groups -OCH3 is 1. The van der Waals surface area contributed by atoms with Crippen LogP contribution in [0.5, 0.6) is 0 Å². The predicted octanol–water partition coefficient (Wildman–Crippen LogP) is 1.96. The first-order chi connectivity index (χ1) is 7.45. The quantitative estimate of drug-likeness (QED) is 0.451. The Bertz CT molecular complexity index is 409. The second kappa shape index (κ2) is 4.83. The number of ether oxygens (including phenoxy) is 1. The lowest BCUT2D eigenvalue weighted by molar-refractivity contribution is -0.143. The van der Waals surface area contributed by atoms with Crippen molar-refractivity contribution in [3.05, 3.63) is 35.4 Å². The normalized spacial score (nSPS) is 12.0. The summed E-state index contributed by atoms with van der Waals surface area (Å²) in [5.41, 5.74) is -0.185. The molecule has 0 N–H and O–H groups in total. The van der Waals surface area contributed by atoms with Gasteiger partial charge in [0, 0.05) is 11.6 Å². The fourth-order valence-electron chi connectivity index (χ4n) is 1.23. The van der Waals surface area contributed by atoms with Crippen LogP contribution in [-0.2, 0) is 9.53 Å². The second-order valence-electron chi connectivity index (χ2n) is 3.27. The van der Waals surface area contributed by atoms with Crippen LogP contribution < -0.4 is 0 Å². The first kappa shape index (κ1) is 12.3. The van der Waals surface area contributed by atoms with Gasteiger partial charge in [0.2, 0.25) is 0 Å². The lowest BCUT2D eigenvalue weighted by Gasteiger charge is -2.08. The van der Waals surface area contributed by atoms with Crippen molar-refractivity contribution in [3.63, 3.8) is 0 Å². The summed E-state index contributed by atoms with van der Waals surface area (Å²) >= 11 is 0. The number of hydrogen-bond acceptors (Lipinski definition) is 3. The summed E-state index contributed by atoms with van der Waals surface area (Å²) in [6, 6.07) is 2.41. The molecule has 0 aliphatic heterocycles. The highest BCUT2D eigenvalue weighted by atomic mass is 19.1. The van der Waals surface area contributed by atoms with E-state index < -0.39 is 29.3 Å². The number of rotatable bonds is 3. The fraction of sp³-hybridized carbons (Fsp3) is 0.273. The van der Waals surface area contributed by atoms with Crippen LogP contribution in [0.15, 0.2) is 18.2 Å². The maximum absolute atomic E-state index is 12.8. The largest absolute Gasteiger partial charge is 0.468 e. The predicted molar refractivity (Wildman–Crippen MR) is 51.9 cm³/mol. The Hall–Kier alpha value is -1.78. The summed E-state index contributed by atoms with van der Waals surface area (Å²) in [5.74, 6) is -4.22. The molecule has 1 unspecified atom stereocenters. The smallest absolute Gasteiger partial charge is 0.316 e. The SMILES string of the molecule is COC(=O)C(C)C(=O)c1cc(F)cc(F)c1. The van der Waals surface area contributed by atoms with Gasteiger partial charge in [0.05, 0.1) is 7.11 Å². The van der Waals surface area contributed by atoms with Crippen molar-refractivity contribution < 1.29 is 23.1 Å². The van der Waals surface area contributed by atoms with Crippen LogP contribution in [-0.4, -0.2) is 18.9 Å². The summed E-state index contributed by atoms with van der Waals surface area (Å²) in [6.45, 7) is 1.32. The number of halogens is 2. The molecular weight excluding hydrogens is 218 g/mol. The molecule has 1 aromatic carbocycles. The van der Waals surface area contributed by atoms with Crippen LogP contribution in [0.4, 0.5) is 8.78 Å². The molecule has 0 radical (unpaired) electrons. The van der Waals surface area contributed by atoms with E-state index in [9.17, 15) is 18.4 Å². The molecule has 0 fully saturated rings. The second-order valence-corrected chi connectivity index (χ2v) is 3.27. The van der Waals surface area contributed by atoms with Crippen LogP contribution in [0.3, 0.4) is 0 Å². The van der Waals surface area contributed by atoms with E-state index in [1.807, 2.05) is 0 Å². The Morgan fingerprint density at radius 3 is 2.12 bits per heavy atom. The topological polar surface area (TPSA) is 43.4 Å². The fourth-order valence-corrected chi connectivity index (χ4v) is 1.23. The molecule has 0 bridgehead atoms. The van der Waals surface area contributed by atoms with E-state index in [0.29, 0.717) is 6.07 Å². The standard InChI is InChI=1S/C11H10F2O3/c1-6(11(15)16-2)10(14)7-3-8(12)5-9(13)4-7/h3-6H,1-2H3. The summed E-state index contributed by atoms with van der Waals surface area (Å²) in [7, 11) is 1.14. The van der Waals surface area contributed by atoms with Gasteiger partial charge < -0.3 is 4.74 Å². The van der Waals surface area contributed by atoms with E-state index in [0.717, 1.165) is 19.2 Å². The third kappa shape index (κ3) is 2.62. The van der Waals surface area contributed by atoms with Gasteiger partial charge in [-0.25, -0.2) is 8.78 Å². The van der Waals surface area contributed by atoms with Crippen molar-refractivity contribution in [3.8, 4) is 0 Å². The third-order valence-corrected chi connectivity index (χ3v) is 2.10. The first-order valence-electron chi connectivity index (χ1n) is 4.54. The van der Waals surface area contributed by atoms with Crippen molar-refractivity contribution in [2.24, 2.45) is 5.92 Å².